The van der Waals surface area contributed by atoms with Crippen molar-refractivity contribution < 1.29 is 0 Å². The highest BCUT2D eigenvalue weighted by atomic mass is 79.9. The van der Waals surface area contributed by atoms with Crippen LogP contribution in [0.4, 0.5) is 5.95 Å². The zero-order valence-electron chi connectivity index (χ0n) is 7.06. The molecule has 13 heavy (non-hydrogen) atoms. The maximum atomic E-state index is 5.25. The first-order chi connectivity index (χ1) is 6.20. The van der Waals surface area contributed by atoms with Crippen molar-refractivity contribution >= 4 is 32.9 Å². The van der Waals surface area contributed by atoms with Crippen LogP contribution in [-0.2, 0) is 0 Å². The maximum Gasteiger partial charge on any atom is 0.215 e. The number of nitrogens with zero attached hydrogens (tertiary/aromatic N) is 1. The fraction of sp³-hybridized carbons (Fsp3) is 0.125. The monoisotopic (exact) mass is 240 g/mol. The minimum Gasteiger partial charge on any atom is -0.323 e. The number of nitrogens with two attached hydrogens (primary N) is 1. The van der Waals surface area contributed by atoms with E-state index in [4.69, 9.17) is 5.84 Å². The first kappa shape index (κ1) is 8.52. The van der Waals surface area contributed by atoms with Gasteiger partial charge in [-0.25, -0.2) is 10.8 Å². The highest BCUT2D eigenvalue weighted by molar-refractivity contribution is 9.10. The highest BCUT2D eigenvalue weighted by Crippen LogP contribution is 2.22. The molecule has 0 saturated heterocycles. The molecule has 0 bridgehead atoms. The van der Waals surface area contributed by atoms with Gasteiger partial charge in [-0.2, -0.15) is 0 Å². The number of anilines is 1. The quantitative estimate of drug-likeness (QED) is 0.527. The number of nitrogen functional groups attached to an aromatic ring is 1. The number of hydrazine groups is 1. The Labute approximate surface area is 83.6 Å². The van der Waals surface area contributed by atoms with E-state index in [1.807, 2.05) is 19.1 Å². The van der Waals surface area contributed by atoms with Gasteiger partial charge in [0.05, 0.1) is 11.0 Å². The van der Waals surface area contributed by atoms with Crippen LogP contribution < -0.4 is 11.3 Å². The topological polar surface area (TPSA) is 66.7 Å². The molecule has 4 nitrogen and oxygen atoms in total. The summed E-state index contributed by atoms with van der Waals surface area (Å²) in [5.74, 6) is 5.83. The summed E-state index contributed by atoms with van der Waals surface area (Å²) in [6.07, 6.45) is 0. The lowest BCUT2D eigenvalue weighted by molar-refractivity contribution is 1.21. The van der Waals surface area contributed by atoms with Gasteiger partial charge >= 0.3 is 0 Å². The van der Waals surface area contributed by atoms with Crippen LogP contribution in [-0.4, -0.2) is 9.97 Å². The second-order valence-electron chi connectivity index (χ2n) is 2.85. The molecule has 0 aliphatic carbocycles. The largest absolute Gasteiger partial charge is 0.323 e. The number of hydrogen-bond acceptors (Lipinski definition) is 3. The van der Waals surface area contributed by atoms with Gasteiger partial charge in [0.15, 0.2) is 0 Å². The number of hydrogen-bond donors (Lipinski definition) is 3. The van der Waals surface area contributed by atoms with E-state index in [0.29, 0.717) is 5.95 Å². The molecular formula is C8H9BrN4. The Balaban J connectivity index is 2.75. The van der Waals surface area contributed by atoms with E-state index < -0.39 is 0 Å². The van der Waals surface area contributed by atoms with E-state index in [-0.39, 0.29) is 0 Å². The van der Waals surface area contributed by atoms with E-state index in [1.54, 1.807) is 0 Å². The second kappa shape index (κ2) is 3.01. The maximum absolute atomic E-state index is 5.25. The van der Waals surface area contributed by atoms with Crippen molar-refractivity contribution in [2.24, 2.45) is 5.84 Å². The molecular weight excluding hydrogens is 232 g/mol. The molecule has 68 valence electrons. The molecule has 0 atom stereocenters. The first-order valence-corrected chi connectivity index (χ1v) is 4.62. The van der Waals surface area contributed by atoms with Gasteiger partial charge in [-0.3, -0.25) is 5.43 Å². The molecule has 0 fully saturated rings. The lowest BCUT2D eigenvalue weighted by Crippen LogP contribution is -2.07. The van der Waals surface area contributed by atoms with E-state index >= 15 is 0 Å². The van der Waals surface area contributed by atoms with Gasteiger partial charge in [-0.05, 0) is 24.6 Å². The Hall–Kier alpha value is -1.07. The van der Waals surface area contributed by atoms with E-state index in [2.05, 4.69) is 31.3 Å². The van der Waals surface area contributed by atoms with Crippen molar-refractivity contribution in [2.75, 3.05) is 5.43 Å². The molecule has 2 aromatic rings. The molecule has 1 aromatic heterocycles. The number of benzene rings is 1. The summed E-state index contributed by atoms with van der Waals surface area (Å²) in [6.45, 7) is 2.01. The van der Waals surface area contributed by atoms with Crippen molar-refractivity contribution in [2.45, 2.75) is 6.92 Å². The molecule has 0 saturated carbocycles. The number of rotatable bonds is 1. The summed E-state index contributed by atoms with van der Waals surface area (Å²) in [7, 11) is 0. The standard InChI is InChI=1S/C8H9BrN4/c1-4-2-5(9)3-6-7(4)12-8(11-6)13-10/h2-3H,10H2,1H3,(H2,11,12,13). The van der Waals surface area contributed by atoms with Crippen LogP contribution in [0.25, 0.3) is 11.0 Å². The molecule has 0 radical (unpaired) electrons. The van der Waals surface area contributed by atoms with Crippen LogP contribution in [0.15, 0.2) is 16.6 Å². The van der Waals surface area contributed by atoms with Gasteiger partial charge < -0.3 is 4.98 Å². The molecule has 0 aliphatic rings. The molecule has 5 heteroatoms. The third-order valence-corrected chi connectivity index (χ3v) is 2.34. The van der Waals surface area contributed by atoms with Gasteiger partial charge in [0, 0.05) is 4.47 Å². The summed E-state index contributed by atoms with van der Waals surface area (Å²) in [5.41, 5.74) is 5.51. The van der Waals surface area contributed by atoms with Crippen molar-refractivity contribution in [3.8, 4) is 0 Å². The van der Waals surface area contributed by atoms with Gasteiger partial charge in [-0.1, -0.05) is 15.9 Å². The zero-order chi connectivity index (χ0) is 9.42. The molecule has 0 aliphatic heterocycles. The first-order valence-electron chi connectivity index (χ1n) is 3.83. The molecule has 2 rings (SSSR count). The Morgan fingerprint density at radius 3 is 3.00 bits per heavy atom. The molecule has 1 aromatic carbocycles. The van der Waals surface area contributed by atoms with Crippen LogP contribution in [0.5, 0.6) is 0 Å². The average Bonchev–Trinajstić information content (AvgIpc) is 2.47. The summed E-state index contributed by atoms with van der Waals surface area (Å²) < 4.78 is 1.03. The smallest absolute Gasteiger partial charge is 0.215 e. The SMILES string of the molecule is Cc1cc(Br)cc2[nH]c(NN)nc12. The van der Waals surface area contributed by atoms with Crippen LogP contribution in [0.1, 0.15) is 5.56 Å². The lowest BCUT2D eigenvalue weighted by Gasteiger charge is -1.94. The number of aromatic amines is 1. The lowest BCUT2D eigenvalue weighted by atomic mass is 10.2. The fourth-order valence-electron chi connectivity index (χ4n) is 1.31. The predicted octanol–water partition coefficient (Wildman–Crippen LogP) is 1.92. The normalized spacial score (nSPS) is 10.7. The van der Waals surface area contributed by atoms with Crippen LogP contribution >= 0.6 is 15.9 Å². The van der Waals surface area contributed by atoms with Crippen LogP contribution in [0.2, 0.25) is 0 Å². The van der Waals surface area contributed by atoms with Crippen molar-refractivity contribution in [3.63, 3.8) is 0 Å². The van der Waals surface area contributed by atoms with Gasteiger partial charge in [0.1, 0.15) is 0 Å². The van der Waals surface area contributed by atoms with Crippen molar-refractivity contribution in [3.05, 3.63) is 22.2 Å². The minimum absolute atomic E-state index is 0.580. The van der Waals surface area contributed by atoms with Gasteiger partial charge in [0.25, 0.3) is 0 Å². The Morgan fingerprint density at radius 1 is 1.54 bits per heavy atom. The minimum atomic E-state index is 0.580. The summed E-state index contributed by atoms with van der Waals surface area (Å²) in [6, 6.07) is 3.99. The highest BCUT2D eigenvalue weighted by Gasteiger charge is 2.04. The van der Waals surface area contributed by atoms with E-state index in [1.165, 1.54) is 0 Å². The Morgan fingerprint density at radius 2 is 2.31 bits per heavy atom. The predicted molar refractivity (Wildman–Crippen MR) is 56.3 cm³/mol. The molecule has 1 heterocycles. The third-order valence-electron chi connectivity index (χ3n) is 1.88. The summed E-state index contributed by atoms with van der Waals surface area (Å²) in [4.78, 5) is 7.31. The van der Waals surface area contributed by atoms with Crippen molar-refractivity contribution in [1.82, 2.24) is 9.97 Å². The van der Waals surface area contributed by atoms with Crippen LogP contribution in [0.3, 0.4) is 0 Å². The second-order valence-corrected chi connectivity index (χ2v) is 3.76. The van der Waals surface area contributed by atoms with E-state index in [0.717, 1.165) is 21.1 Å². The average molecular weight is 241 g/mol. The molecule has 0 unspecified atom stereocenters. The zero-order valence-corrected chi connectivity index (χ0v) is 8.64. The number of aryl methyl sites for hydroxylation is 1. The van der Waals surface area contributed by atoms with E-state index in [9.17, 15) is 0 Å². The number of halogens is 1. The number of fused-ring (bicyclic) bond motifs is 1. The Bertz CT molecular complexity index is 449. The molecule has 0 amide bonds. The molecule has 0 spiro atoms. The van der Waals surface area contributed by atoms with Crippen LogP contribution in [0, 0.1) is 6.92 Å². The summed E-state index contributed by atoms with van der Waals surface area (Å²) >= 11 is 3.41. The van der Waals surface area contributed by atoms with Gasteiger partial charge in [-0.15, -0.1) is 0 Å². The number of nitrogens with one attached hydrogen (secondary N) is 2. The number of imidazole rings is 1. The molecule has 4 N–H and O–H groups in total. The van der Waals surface area contributed by atoms with Gasteiger partial charge in [0.2, 0.25) is 5.95 Å². The Kier molecular flexibility index (Phi) is 1.97. The summed E-state index contributed by atoms with van der Waals surface area (Å²) in [5, 5.41) is 0. The fourth-order valence-corrected chi connectivity index (χ4v) is 1.89. The number of aromatic nitrogens is 2. The number of H-pyrrole nitrogens is 1. The van der Waals surface area contributed by atoms with Crippen molar-refractivity contribution in [1.29, 1.82) is 0 Å². The third kappa shape index (κ3) is 1.40.